The summed E-state index contributed by atoms with van der Waals surface area (Å²) >= 11 is 0. The lowest BCUT2D eigenvalue weighted by Gasteiger charge is -2.34. The van der Waals surface area contributed by atoms with Crippen molar-refractivity contribution in [3.63, 3.8) is 0 Å². The molecule has 7 nitrogen and oxygen atoms in total. The third-order valence-electron chi connectivity index (χ3n) is 5.38. The van der Waals surface area contributed by atoms with Crippen LogP contribution in [0.25, 0.3) is 11.0 Å². The number of ether oxygens (including phenoxy) is 1. The molecule has 2 aromatic rings. The first-order chi connectivity index (χ1) is 12.2. The van der Waals surface area contributed by atoms with Crippen LogP contribution in [0.2, 0.25) is 0 Å². The Labute approximate surface area is 147 Å². The lowest BCUT2D eigenvalue weighted by molar-refractivity contribution is -0.136. The van der Waals surface area contributed by atoms with Gasteiger partial charge in [0.15, 0.2) is 0 Å². The molecule has 4 rings (SSSR count). The van der Waals surface area contributed by atoms with E-state index in [1.807, 2.05) is 22.7 Å². The molecule has 0 spiro atoms. The molecule has 2 saturated heterocycles. The smallest absolute Gasteiger partial charge is 0.223 e. The second-order valence-corrected chi connectivity index (χ2v) is 6.99. The van der Waals surface area contributed by atoms with Gasteiger partial charge in [0.25, 0.3) is 0 Å². The van der Waals surface area contributed by atoms with Gasteiger partial charge in [-0.25, -0.2) is 9.97 Å². The number of fused-ring (bicyclic) bond motifs is 1. The Morgan fingerprint density at radius 1 is 1.20 bits per heavy atom. The number of hydrogen-bond donors (Lipinski definition) is 0. The summed E-state index contributed by atoms with van der Waals surface area (Å²) in [6.45, 7) is 4.72. The first kappa shape index (κ1) is 16.3. The van der Waals surface area contributed by atoms with Crippen LogP contribution in [0.3, 0.4) is 0 Å². The second kappa shape index (κ2) is 7.00. The predicted molar refractivity (Wildman–Crippen MR) is 95.5 cm³/mol. The predicted octanol–water partition coefficient (Wildman–Crippen LogP) is 1.43. The molecule has 0 N–H and O–H groups in total. The van der Waals surface area contributed by atoms with Crippen LogP contribution in [-0.4, -0.2) is 64.7 Å². The third-order valence-corrected chi connectivity index (χ3v) is 5.38. The minimum Gasteiger partial charge on any atom is -0.378 e. The van der Waals surface area contributed by atoms with E-state index in [9.17, 15) is 4.79 Å². The van der Waals surface area contributed by atoms with E-state index in [1.165, 1.54) is 0 Å². The van der Waals surface area contributed by atoms with Gasteiger partial charge in [-0.05, 0) is 24.8 Å². The number of anilines is 1. The highest BCUT2D eigenvalue weighted by atomic mass is 16.5. The number of hydrogen-bond acceptors (Lipinski definition) is 5. The van der Waals surface area contributed by atoms with Crippen molar-refractivity contribution >= 4 is 22.8 Å². The molecular weight excluding hydrogens is 318 g/mol. The van der Waals surface area contributed by atoms with Crippen molar-refractivity contribution in [1.29, 1.82) is 0 Å². The average molecular weight is 343 g/mol. The Kier molecular flexibility index (Phi) is 4.57. The Hall–Kier alpha value is -2.15. The number of amides is 1. The Balaban J connectivity index is 1.37. The fourth-order valence-corrected chi connectivity index (χ4v) is 3.85. The van der Waals surface area contributed by atoms with E-state index in [-0.39, 0.29) is 5.91 Å². The molecule has 0 aliphatic carbocycles. The highest BCUT2D eigenvalue weighted by Crippen LogP contribution is 2.29. The molecule has 0 radical (unpaired) electrons. The van der Waals surface area contributed by atoms with Crippen LogP contribution < -0.4 is 4.90 Å². The quantitative estimate of drug-likeness (QED) is 0.844. The molecule has 7 heteroatoms. The topological polar surface area (TPSA) is 63.5 Å². The number of piperidine rings is 1. The highest BCUT2D eigenvalue weighted by molar-refractivity contribution is 5.87. The van der Waals surface area contributed by atoms with Crippen LogP contribution >= 0.6 is 0 Å². The van der Waals surface area contributed by atoms with Crippen molar-refractivity contribution in [1.82, 2.24) is 19.4 Å². The summed E-state index contributed by atoms with van der Waals surface area (Å²) in [5, 5.41) is 1.10. The van der Waals surface area contributed by atoms with Crippen molar-refractivity contribution in [3.8, 4) is 0 Å². The molecule has 4 heterocycles. The van der Waals surface area contributed by atoms with Crippen LogP contribution in [0.1, 0.15) is 19.3 Å². The lowest BCUT2D eigenvalue weighted by atomic mass is 9.93. The zero-order chi connectivity index (χ0) is 17.2. The molecule has 2 fully saturated rings. The van der Waals surface area contributed by atoms with E-state index in [2.05, 4.69) is 20.9 Å². The van der Waals surface area contributed by atoms with E-state index in [1.54, 1.807) is 6.33 Å². The lowest BCUT2D eigenvalue weighted by Crippen LogP contribution is -2.42. The van der Waals surface area contributed by atoms with Gasteiger partial charge in [-0.15, -0.1) is 0 Å². The largest absolute Gasteiger partial charge is 0.378 e. The summed E-state index contributed by atoms with van der Waals surface area (Å²) in [6.07, 6.45) is 6.41. The maximum absolute atomic E-state index is 12.4. The zero-order valence-corrected chi connectivity index (χ0v) is 14.7. The number of morpholine rings is 1. The fourth-order valence-electron chi connectivity index (χ4n) is 3.85. The van der Waals surface area contributed by atoms with Crippen LogP contribution in [0.4, 0.5) is 5.82 Å². The number of carbonyl (C=O) groups is 1. The van der Waals surface area contributed by atoms with Crippen LogP contribution in [0.5, 0.6) is 0 Å². The van der Waals surface area contributed by atoms with Crippen molar-refractivity contribution in [2.24, 2.45) is 13.0 Å². The van der Waals surface area contributed by atoms with E-state index in [0.29, 0.717) is 25.6 Å². The van der Waals surface area contributed by atoms with Gasteiger partial charge >= 0.3 is 0 Å². The van der Waals surface area contributed by atoms with E-state index < -0.39 is 0 Å². The van der Waals surface area contributed by atoms with Crippen LogP contribution in [-0.2, 0) is 16.6 Å². The third kappa shape index (κ3) is 3.33. The molecule has 0 aromatic carbocycles. The van der Waals surface area contributed by atoms with Crippen LogP contribution in [0, 0.1) is 5.92 Å². The normalized spacial score (nSPS) is 19.6. The minimum atomic E-state index is 0.286. The molecule has 1 amide bonds. The molecule has 134 valence electrons. The van der Waals surface area contributed by atoms with Gasteiger partial charge in [0.2, 0.25) is 5.91 Å². The Bertz CT molecular complexity index is 745. The number of nitrogens with zero attached hydrogens (tertiary/aromatic N) is 5. The van der Waals surface area contributed by atoms with E-state index in [4.69, 9.17) is 4.74 Å². The standard InChI is InChI=1S/C18H25N5O2/c1-21-5-4-15-17(21)19-13-20-18(15)23-6-2-14(3-7-23)12-16(24)22-8-10-25-11-9-22/h4-5,13-14H,2-3,6-12H2,1H3. The Morgan fingerprint density at radius 2 is 1.96 bits per heavy atom. The Morgan fingerprint density at radius 3 is 2.72 bits per heavy atom. The first-order valence-electron chi connectivity index (χ1n) is 9.09. The fraction of sp³-hybridized carbons (Fsp3) is 0.611. The molecule has 2 aliphatic rings. The van der Waals surface area contributed by atoms with E-state index >= 15 is 0 Å². The number of carbonyl (C=O) groups excluding carboxylic acids is 1. The maximum Gasteiger partial charge on any atom is 0.223 e. The molecule has 2 aliphatic heterocycles. The molecular formula is C18H25N5O2. The SMILES string of the molecule is Cn1ccc2c(N3CCC(CC(=O)N4CCOCC4)CC3)ncnc21. The zero-order valence-electron chi connectivity index (χ0n) is 14.7. The molecule has 25 heavy (non-hydrogen) atoms. The number of rotatable bonds is 3. The number of aryl methyl sites for hydroxylation is 1. The summed E-state index contributed by atoms with van der Waals surface area (Å²) in [5.74, 6) is 1.78. The van der Waals surface area contributed by atoms with Crippen molar-refractivity contribution in [2.45, 2.75) is 19.3 Å². The van der Waals surface area contributed by atoms with E-state index in [0.717, 1.165) is 55.9 Å². The monoisotopic (exact) mass is 343 g/mol. The highest BCUT2D eigenvalue weighted by Gasteiger charge is 2.26. The number of aromatic nitrogens is 3. The summed E-state index contributed by atoms with van der Waals surface area (Å²) in [5.41, 5.74) is 0.967. The molecule has 2 aromatic heterocycles. The first-order valence-corrected chi connectivity index (χ1v) is 9.09. The molecule has 0 atom stereocenters. The van der Waals surface area contributed by atoms with Crippen molar-refractivity contribution in [3.05, 3.63) is 18.6 Å². The van der Waals surface area contributed by atoms with Crippen LogP contribution in [0.15, 0.2) is 18.6 Å². The van der Waals surface area contributed by atoms with Gasteiger partial charge in [-0.2, -0.15) is 0 Å². The van der Waals surface area contributed by atoms with Gasteiger partial charge < -0.3 is 19.1 Å². The van der Waals surface area contributed by atoms with Gasteiger partial charge in [-0.3, -0.25) is 4.79 Å². The average Bonchev–Trinajstić information content (AvgIpc) is 3.04. The maximum atomic E-state index is 12.4. The van der Waals surface area contributed by atoms with Crippen molar-refractivity contribution in [2.75, 3.05) is 44.3 Å². The minimum absolute atomic E-state index is 0.286. The van der Waals surface area contributed by atoms with Crippen molar-refractivity contribution < 1.29 is 9.53 Å². The summed E-state index contributed by atoms with van der Waals surface area (Å²) in [4.78, 5) is 25.6. The summed E-state index contributed by atoms with van der Waals surface area (Å²) in [6, 6.07) is 2.08. The summed E-state index contributed by atoms with van der Waals surface area (Å²) < 4.78 is 7.35. The molecule has 0 saturated carbocycles. The summed E-state index contributed by atoms with van der Waals surface area (Å²) in [7, 11) is 2.00. The molecule has 0 bridgehead atoms. The van der Waals surface area contributed by atoms with Gasteiger partial charge in [-0.1, -0.05) is 0 Å². The van der Waals surface area contributed by atoms with Gasteiger partial charge in [0, 0.05) is 45.8 Å². The van der Waals surface area contributed by atoms with Gasteiger partial charge in [0.05, 0.1) is 18.6 Å². The van der Waals surface area contributed by atoms with Gasteiger partial charge in [0.1, 0.15) is 17.8 Å². The second-order valence-electron chi connectivity index (χ2n) is 6.99. The molecule has 0 unspecified atom stereocenters.